The van der Waals surface area contributed by atoms with Crippen molar-refractivity contribution in [1.82, 2.24) is 0 Å². The summed E-state index contributed by atoms with van der Waals surface area (Å²) < 4.78 is 0. The largest absolute Gasteiger partial charge is 0.113 e. The lowest BCUT2D eigenvalue weighted by Gasteiger charge is -2.59. The summed E-state index contributed by atoms with van der Waals surface area (Å²) in [5.74, 6) is 3.46. The summed E-state index contributed by atoms with van der Waals surface area (Å²) in [6.45, 7) is 0. The summed E-state index contributed by atoms with van der Waals surface area (Å²) in [6.07, 6.45) is 7.02. The SMILES string of the molecule is ClC1(c2ccccc2)C2CC3CC(C2)CC1C3. The highest BCUT2D eigenvalue weighted by Crippen LogP contribution is 2.64. The smallest absolute Gasteiger partial charge is 0.0751 e. The molecule has 4 fully saturated rings. The summed E-state index contributed by atoms with van der Waals surface area (Å²) in [4.78, 5) is -0.0331. The molecule has 1 heteroatoms. The number of hydrogen-bond acceptors (Lipinski definition) is 0. The Morgan fingerprint density at radius 1 is 0.824 bits per heavy atom. The van der Waals surface area contributed by atoms with Crippen molar-refractivity contribution in [3.8, 4) is 0 Å². The van der Waals surface area contributed by atoms with Gasteiger partial charge >= 0.3 is 0 Å². The average molecular weight is 247 g/mol. The molecule has 4 aliphatic carbocycles. The molecule has 0 atom stereocenters. The lowest BCUT2D eigenvalue weighted by atomic mass is 9.50. The quantitative estimate of drug-likeness (QED) is 0.637. The zero-order chi connectivity index (χ0) is 11.5. The topological polar surface area (TPSA) is 0 Å². The van der Waals surface area contributed by atoms with Crippen molar-refractivity contribution in [3.05, 3.63) is 35.9 Å². The molecule has 0 nitrogen and oxygen atoms in total. The van der Waals surface area contributed by atoms with Crippen molar-refractivity contribution in [2.24, 2.45) is 23.7 Å². The molecule has 90 valence electrons. The Morgan fingerprint density at radius 3 is 1.88 bits per heavy atom. The van der Waals surface area contributed by atoms with E-state index in [-0.39, 0.29) is 4.87 Å². The second-order valence-corrected chi connectivity index (χ2v) is 7.06. The van der Waals surface area contributed by atoms with Gasteiger partial charge in [-0.3, -0.25) is 0 Å². The van der Waals surface area contributed by atoms with Crippen molar-refractivity contribution in [3.63, 3.8) is 0 Å². The van der Waals surface area contributed by atoms with Crippen LogP contribution in [-0.4, -0.2) is 0 Å². The number of hydrogen-bond donors (Lipinski definition) is 0. The average Bonchev–Trinajstić information content (AvgIpc) is 2.36. The van der Waals surface area contributed by atoms with Gasteiger partial charge in [0.2, 0.25) is 0 Å². The molecule has 0 radical (unpaired) electrons. The molecule has 0 N–H and O–H groups in total. The van der Waals surface area contributed by atoms with E-state index in [1.54, 1.807) is 0 Å². The third kappa shape index (κ3) is 1.37. The number of benzene rings is 1. The molecule has 4 bridgehead atoms. The van der Waals surface area contributed by atoms with Gasteiger partial charge in [0.05, 0.1) is 4.87 Å². The van der Waals surface area contributed by atoms with Gasteiger partial charge in [-0.05, 0) is 61.3 Å². The first-order chi connectivity index (χ1) is 8.27. The van der Waals surface area contributed by atoms with Gasteiger partial charge in [0.25, 0.3) is 0 Å². The zero-order valence-electron chi connectivity index (χ0n) is 10.1. The van der Waals surface area contributed by atoms with E-state index >= 15 is 0 Å². The molecule has 0 saturated heterocycles. The maximum Gasteiger partial charge on any atom is 0.0751 e. The molecule has 0 aliphatic heterocycles. The minimum atomic E-state index is -0.0331. The summed E-state index contributed by atoms with van der Waals surface area (Å²) in [6, 6.07) is 10.9. The van der Waals surface area contributed by atoms with Crippen LogP contribution in [0.4, 0.5) is 0 Å². The van der Waals surface area contributed by atoms with Crippen molar-refractivity contribution >= 4 is 11.6 Å². The standard InChI is InChI=1S/C16H19Cl/c17-16(13-4-2-1-3-5-13)14-7-11-6-12(9-14)10-15(16)8-11/h1-5,11-12,14-15H,6-10H2. The van der Waals surface area contributed by atoms with Crippen LogP contribution in [0.3, 0.4) is 0 Å². The van der Waals surface area contributed by atoms with Gasteiger partial charge in [0.1, 0.15) is 0 Å². The van der Waals surface area contributed by atoms with Crippen LogP contribution in [0.1, 0.15) is 37.7 Å². The van der Waals surface area contributed by atoms with E-state index in [0.717, 1.165) is 23.7 Å². The normalized spacial score (nSPS) is 47.4. The van der Waals surface area contributed by atoms with Crippen LogP contribution >= 0.6 is 11.6 Å². The van der Waals surface area contributed by atoms with E-state index < -0.39 is 0 Å². The molecule has 4 aliphatic rings. The van der Waals surface area contributed by atoms with Gasteiger partial charge < -0.3 is 0 Å². The fourth-order valence-corrected chi connectivity index (χ4v) is 5.52. The lowest BCUT2D eigenvalue weighted by Crippen LogP contribution is -2.52. The number of alkyl halides is 1. The Balaban J connectivity index is 1.78. The Hall–Kier alpha value is -0.490. The highest BCUT2D eigenvalue weighted by Gasteiger charge is 2.56. The summed E-state index contributed by atoms with van der Waals surface area (Å²) in [5.41, 5.74) is 1.38. The molecule has 5 rings (SSSR count). The van der Waals surface area contributed by atoms with E-state index in [1.807, 2.05) is 0 Å². The molecule has 0 spiro atoms. The van der Waals surface area contributed by atoms with E-state index in [0.29, 0.717) is 0 Å². The molecular weight excluding hydrogens is 228 g/mol. The molecule has 0 heterocycles. The van der Waals surface area contributed by atoms with Gasteiger partial charge in [-0.25, -0.2) is 0 Å². The van der Waals surface area contributed by atoms with E-state index in [2.05, 4.69) is 30.3 Å². The zero-order valence-corrected chi connectivity index (χ0v) is 10.9. The highest BCUT2D eigenvalue weighted by molar-refractivity contribution is 6.24. The van der Waals surface area contributed by atoms with E-state index in [1.165, 1.54) is 37.7 Å². The molecule has 1 aromatic rings. The lowest BCUT2D eigenvalue weighted by molar-refractivity contribution is -0.0224. The molecule has 17 heavy (non-hydrogen) atoms. The van der Waals surface area contributed by atoms with Gasteiger partial charge in [-0.1, -0.05) is 30.3 Å². The molecule has 0 aromatic heterocycles. The first-order valence-corrected chi connectivity index (χ1v) is 7.39. The fourth-order valence-electron chi connectivity index (χ4n) is 5.04. The Kier molecular flexibility index (Phi) is 2.15. The van der Waals surface area contributed by atoms with Gasteiger partial charge in [0.15, 0.2) is 0 Å². The van der Waals surface area contributed by atoms with Gasteiger partial charge in [-0.15, -0.1) is 11.6 Å². The Bertz CT molecular complexity index is 394. The number of halogens is 1. The van der Waals surface area contributed by atoms with Crippen molar-refractivity contribution in [1.29, 1.82) is 0 Å². The Morgan fingerprint density at radius 2 is 1.35 bits per heavy atom. The predicted molar refractivity (Wildman–Crippen MR) is 71.0 cm³/mol. The first kappa shape index (κ1) is 10.4. The first-order valence-electron chi connectivity index (χ1n) is 7.01. The minimum Gasteiger partial charge on any atom is -0.113 e. The summed E-state index contributed by atoms with van der Waals surface area (Å²) in [5, 5.41) is 0. The van der Waals surface area contributed by atoms with Crippen molar-refractivity contribution in [2.75, 3.05) is 0 Å². The third-order valence-electron chi connectivity index (χ3n) is 5.54. The monoisotopic (exact) mass is 246 g/mol. The predicted octanol–water partition coefficient (Wildman–Crippen LogP) is 4.58. The van der Waals surface area contributed by atoms with Crippen LogP contribution in [0.5, 0.6) is 0 Å². The second kappa shape index (κ2) is 3.51. The van der Waals surface area contributed by atoms with Crippen LogP contribution in [0.25, 0.3) is 0 Å². The van der Waals surface area contributed by atoms with Crippen LogP contribution in [-0.2, 0) is 4.87 Å². The molecule has 0 unspecified atom stereocenters. The summed E-state index contributed by atoms with van der Waals surface area (Å²) >= 11 is 7.15. The van der Waals surface area contributed by atoms with Crippen molar-refractivity contribution in [2.45, 2.75) is 37.0 Å². The maximum absolute atomic E-state index is 7.15. The second-order valence-electron chi connectivity index (χ2n) is 6.44. The van der Waals surface area contributed by atoms with Crippen LogP contribution in [0, 0.1) is 23.7 Å². The van der Waals surface area contributed by atoms with Crippen molar-refractivity contribution < 1.29 is 0 Å². The molecule has 1 aromatic carbocycles. The molecule has 0 amide bonds. The summed E-state index contributed by atoms with van der Waals surface area (Å²) in [7, 11) is 0. The van der Waals surface area contributed by atoms with Crippen LogP contribution in [0.15, 0.2) is 30.3 Å². The van der Waals surface area contributed by atoms with E-state index in [4.69, 9.17) is 11.6 Å². The number of rotatable bonds is 1. The molecule has 4 saturated carbocycles. The highest BCUT2D eigenvalue weighted by atomic mass is 35.5. The third-order valence-corrected chi connectivity index (χ3v) is 6.38. The van der Waals surface area contributed by atoms with E-state index in [9.17, 15) is 0 Å². The van der Waals surface area contributed by atoms with Gasteiger partial charge in [-0.2, -0.15) is 0 Å². The van der Waals surface area contributed by atoms with Gasteiger partial charge in [0, 0.05) is 0 Å². The molecular formula is C16H19Cl. The Labute approximate surface area is 108 Å². The fraction of sp³-hybridized carbons (Fsp3) is 0.625. The minimum absolute atomic E-state index is 0.0331. The maximum atomic E-state index is 7.15. The van der Waals surface area contributed by atoms with Crippen LogP contribution < -0.4 is 0 Å². The van der Waals surface area contributed by atoms with Crippen LogP contribution in [0.2, 0.25) is 0 Å².